The standard InChI is InChI=1S/C7H12N2/c8-5-6-3-1-2-4-7(6)9/h3-4H,1-2,5,8-9H2. The van der Waals surface area contributed by atoms with Crippen molar-refractivity contribution in [1.29, 1.82) is 0 Å². The third kappa shape index (κ3) is 1.33. The minimum absolute atomic E-state index is 0.572. The lowest BCUT2D eigenvalue weighted by Gasteiger charge is -2.08. The Balaban J connectivity index is 2.68. The third-order valence-corrected chi connectivity index (χ3v) is 1.51. The van der Waals surface area contributed by atoms with E-state index in [9.17, 15) is 0 Å². The van der Waals surface area contributed by atoms with Gasteiger partial charge in [-0.05, 0) is 18.4 Å². The fourth-order valence-corrected chi connectivity index (χ4v) is 0.947. The fourth-order valence-electron chi connectivity index (χ4n) is 0.947. The van der Waals surface area contributed by atoms with Gasteiger partial charge in [-0.3, -0.25) is 0 Å². The molecule has 0 heterocycles. The number of allylic oxidation sites excluding steroid dienone is 2. The summed E-state index contributed by atoms with van der Waals surface area (Å²) < 4.78 is 0. The first-order chi connectivity index (χ1) is 4.34. The SMILES string of the molecule is NCC1=CCCC=C1N. The maximum Gasteiger partial charge on any atom is 0.0315 e. The van der Waals surface area contributed by atoms with Crippen molar-refractivity contribution in [3.8, 4) is 0 Å². The largest absolute Gasteiger partial charge is 0.399 e. The van der Waals surface area contributed by atoms with E-state index in [0.717, 1.165) is 24.1 Å². The lowest BCUT2D eigenvalue weighted by Crippen LogP contribution is -2.12. The molecule has 9 heavy (non-hydrogen) atoms. The second-order valence-corrected chi connectivity index (χ2v) is 2.17. The molecule has 0 bridgehead atoms. The zero-order chi connectivity index (χ0) is 6.69. The van der Waals surface area contributed by atoms with Crippen LogP contribution in [0.3, 0.4) is 0 Å². The normalized spacial score (nSPS) is 18.8. The Morgan fingerprint density at radius 1 is 1.33 bits per heavy atom. The van der Waals surface area contributed by atoms with Crippen LogP contribution in [0.15, 0.2) is 23.4 Å². The summed E-state index contributed by atoms with van der Waals surface area (Å²) >= 11 is 0. The number of nitrogens with two attached hydrogens (primary N) is 2. The molecule has 1 rings (SSSR count). The molecule has 0 fully saturated rings. The van der Waals surface area contributed by atoms with E-state index in [1.54, 1.807) is 0 Å². The summed E-state index contributed by atoms with van der Waals surface area (Å²) in [7, 11) is 0. The van der Waals surface area contributed by atoms with E-state index in [1.807, 2.05) is 6.08 Å². The Labute approximate surface area is 55.2 Å². The van der Waals surface area contributed by atoms with Crippen LogP contribution < -0.4 is 11.5 Å². The molecule has 50 valence electrons. The highest BCUT2D eigenvalue weighted by Gasteiger charge is 2.00. The molecule has 0 saturated heterocycles. The second-order valence-electron chi connectivity index (χ2n) is 2.17. The van der Waals surface area contributed by atoms with E-state index in [2.05, 4.69) is 6.08 Å². The van der Waals surface area contributed by atoms with Gasteiger partial charge >= 0.3 is 0 Å². The summed E-state index contributed by atoms with van der Waals surface area (Å²) in [5.41, 5.74) is 13.0. The summed E-state index contributed by atoms with van der Waals surface area (Å²) in [6.45, 7) is 0.572. The van der Waals surface area contributed by atoms with Gasteiger partial charge in [-0.2, -0.15) is 0 Å². The quantitative estimate of drug-likeness (QED) is 0.535. The van der Waals surface area contributed by atoms with Gasteiger partial charge in [-0.25, -0.2) is 0 Å². The Bertz CT molecular complexity index is 156. The third-order valence-electron chi connectivity index (χ3n) is 1.51. The van der Waals surface area contributed by atoms with Gasteiger partial charge in [0.15, 0.2) is 0 Å². The molecule has 0 aliphatic heterocycles. The number of hydrogen-bond acceptors (Lipinski definition) is 2. The average Bonchev–Trinajstić information content (AvgIpc) is 1.89. The topological polar surface area (TPSA) is 52.0 Å². The van der Waals surface area contributed by atoms with E-state index < -0.39 is 0 Å². The molecular formula is C7H12N2. The maximum atomic E-state index is 5.60. The van der Waals surface area contributed by atoms with Gasteiger partial charge in [0.2, 0.25) is 0 Å². The van der Waals surface area contributed by atoms with Crippen LogP contribution in [0.5, 0.6) is 0 Å². The predicted molar refractivity (Wildman–Crippen MR) is 38.6 cm³/mol. The van der Waals surface area contributed by atoms with E-state index in [-0.39, 0.29) is 0 Å². The van der Waals surface area contributed by atoms with E-state index in [1.165, 1.54) is 0 Å². The number of rotatable bonds is 1. The molecule has 4 N–H and O–H groups in total. The van der Waals surface area contributed by atoms with Gasteiger partial charge in [0.1, 0.15) is 0 Å². The molecule has 0 spiro atoms. The highest BCUT2D eigenvalue weighted by Crippen LogP contribution is 2.12. The van der Waals surface area contributed by atoms with Crippen LogP contribution in [0.1, 0.15) is 12.8 Å². The van der Waals surface area contributed by atoms with E-state index >= 15 is 0 Å². The summed E-state index contributed by atoms with van der Waals surface area (Å²) in [4.78, 5) is 0. The van der Waals surface area contributed by atoms with E-state index in [0.29, 0.717) is 6.54 Å². The minimum Gasteiger partial charge on any atom is -0.399 e. The van der Waals surface area contributed by atoms with Crippen LogP contribution in [0.25, 0.3) is 0 Å². The Morgan fingerprint density at radius 2 is 2.00 bits per heavy atom. The summed E-state index contributed by atoms with van der Waals surface area (Å²) in [6, 6.07) is 0. The smallest absolute Gasteiger partial charge is 0.0315 e. The van der Waals surface area contributed by atoms with Gasteiger partial charge in [0.05, 0.1) is 0 Å². The average molecular weight is 124 g/mol. The van der Waals surface area contributed by atoms with Crippen LogP contribution in [0.2, 0.25) is 0 Å². The van der Waals surface area contributed by atoms with Gasteiger partial charge in [-0.1, -0.05) is 12.2 Å². The molecule has 0 radical (unpaired) electrons. The molecule has 2 nitrogen and oxygen atoms in total. The van der Waals surface area contributed by atoms with Crippen molar-refractivity contribution in [3.05, 3.63) is 23.4 Å². The lowest BCUT2D eigenvalue weighted by atomic mass is 10.0. The van der Waals surface area contributed by atoms with Crippen LogP contribution in [0.4, 0.5) is 0 Å². The molecule has 0 aromatic heterocycles. The van der Waals surface area contributed by atoms with E-state index in [4.69, 9.17) is 11.5 Å². The molecule has 0 aromatic carbocycles. The molecular weight excluding hydrogens is 112 g/mol. The molecule has 0 unspecified atom stereocenters. The highest BCUT2D eigenvalue weighted by molar-refractivity contribution is 5.31. The Kier molecular flexibility index (Phi) is 1.90. The zero-order valence-electron chi connectivity index (χ0n) is 5.43. The van der Waals surface area contributed by atoms with Crippen molar-refractivity contribution in [1.82, 2.24) is 0 Å². The number of hydrogen-bond donors (Lipinski definition) is 2. The first-order valence-electron chi connectivity index (χ1n) is 3.19. The minimum atomic E-state index is 0.572. The monoisotopic (exact) mass is 124 g/mol. The highest BCUT2D eigenvalue weighted by atomic mass is 14.6. The fraction of sp³-hybridized carbons (Fsp3) is 0.429. The summed E-state index contributed by atoms with van der Waals surface area (Å²) in [5.74, 6) is 0. The van der Waals surface area contributed by atoms with Gasteiger partial charge < -0.3 is 11.5 Å². The lowest BCUT2D eigenvalue weighted by molar-refractivity contribution is 0.957. The van der Waals surface area contributed by atoms with Crippen LogP contribution in [-0.2, 0) is 0 Å². The first kappa shape index (κ1) is 6.36. The molecule has 0 saturated carbocycles. The van der Waals surface area contributed by atoms with Gasteiger partial charge in [-0.15, -0.1) is 0 Å². The zero-order valence-corrected chi connectivity index (χ0v) is 5.43. The van der Waals surface area contributed by atoms with Crippen LogP contribution in [0, 0.1) is 0 Å². The van der Waals surface area contributed by atoms with Crippen molar-refractivity contribution < 1.29 is 0 Å². The summed E-state index contributed by atoms with van der Waals surface area (Å²) in [5, 5.41) is 0. The van der Waals surface area contributed by atoms with Crippen molar-refractivity contribution in [2.45, 2.75) is 12.8 Å². The molecule has 0 aromatic rings. The van der Waals surface area contributed by atoms with Crippen molar-refractivity contribution >= 4 is 0 Å². The van der Waals surface area contributed by atoms with Crippen molar-refractivity contribution in [2.24, 2.45) is 11.5 Å². The molecule has 0 atom stereocenters. The van der Waals surface area contributed by atoms with Gasteiger partial charge in [0.25, 0.3) is 0 Å². The molecule has 1 aliphatic carbocycles. The van der Waals surface area contributed by atoms with Crippen molar-refractivity contribution in [3.63, 3.8) is 0 Å². The Morgan fingerprint density at radius 3 is 2.44 bits per heavy atom. The van der Waals surface area contributed by atoms with Gasteiger partial charge in [0, 0.05) is 12.2 Å². The maximum absolute atomic E-state index is 5.60. The van der Waals surface area contributed by atoms with Crippen LogP contribution in [-0.4, -0.2) is 6.54 Å². The second kappa shape index (κ2) is 2.69. The molecule has 2 heteroatoms. The molecule has 1 aliphatic rings. The van der Waals surface area contributed by atoms with Crippen LogP contribution >= 0.6 is 0 Å². The molecule has 0 amide bonds. The van der Waals surface area contributed by atoms with Crippen molar-refractivity contribution in [2.75, 3.05) is 6.54 Å². The predicted octanol–water partition coefficient (Wildman–Crippen LogP) is 0.508. The first-order valence-corrected chi connectivity index (χ1v) is 3.19. The Hall–Kier alpha value is -0.760. The summed E-state index contributed by atoms with van der Waals surface area (Å²) in [6.07, 6.45) is 6.29.